The molecule has 2 N–H and O–H groups in total. The minimum Gasteiger partial charge on any atom is -0.388 e. The van der Waals surface area contributed by atoms with Crippen molar-refractivity contribution in [1.29, 1.82) is 0 Å². The molecule has 0 radical (unpaired) electrons. The van der Waals surface area contributed by atoms with E-state index in [1.165, 1.54) is 56.7 Å². The zero-order chi connectivity index (χ0) is 59.0. The van der Waals surface area contributed by atoms with Gasteiger partial charge in [-0.05, 0) is 61.2 Å². The molecule has 0 aliphatic carbocycles. The molecule has 8 aliphatic heterocycles. The summed E-state index contributed by atoms with van der Waals surface area (Å²) in [6, 6.07) is 0. The highest BCUT2D eigenvalue weighted by atomic mass is 16.6. The lowest BCUT2D eigenvalue weighted by Crippen LogP contribution is -2.46. The second-order valence-electron chi connectivity index (χ2n) is 26.2. The van der Waals surface area contributed by atoms with Crippen LogP contribution in [0.4, 0.5) is 0 Å². The van der Waals surface area contributed by atoms with Crippen LogP contribution in [-0.2, 0) is 66.8 Å². The number of ether oxygens (including phenoxy) is 6. The zero-order valence-electron chi connectivity index (χ0n) is 49.2. The third kappa shape index (κ3) is 15.0. The van der Waals surface area contributed by atoms with Crippen LogP contribution in [0.2, 0.25) is 0 Å². The second kappa shape index (κ2) is 27.5. The van der Waals surface area contributed by atoms with E-state index >= 15 is 0 Å². The maximum absolute atomic E-state index is 13.9. The zero-order valence-corrected chi connectivity index (χ0v) is 49.2. The molecule has 0 saturated carbocycles. The van der Waals surface area contributed by atoms with Crippen molar-refractivity contribution in [3.63, 3.8) is 0 Å². The smallest absolute Gasteiger partial charge is 0.253 e. The molecule has 8 heterocycles. The van der Waals surface area contributed by atoms with Crippen LogP contribution in [0.1, 0.15) is 131 Å². The van der Waals surface area contributed by atoms with E-state index in [0.29, 0.717) is 52.0 Å². The molecule has 20 heteroatoms. The third-order valence-corrected chi connectivity index (χ3v) is 17.7. The van der Waals surface area contributed by atoms with Gasteiger partial charge in [-0.3, -0.25) is 58.0 Å². The second-order valence-corrected chi connectivity index (χ2v) is 26.2. The van der Waals surface area contributed by atoms with Crippen molar-refractivity contribution < 1.29 is 77.0 Å². The lowest BCUT2D eigenvalue weighted by Gasteiger charge is -2.33. The van der Waals surface area contributed by atoms with Crippen LogP contribution >= 0.6 is 0 Å². The van der Waals surface area contributed by atoms with Gasteiger partial charge >= 0.3 is 0 Å². The monoisotopic (exact) mass is 1150 g/mol. The molecule has 8 aliphatic rings. The molecule has 12 unspecified atom stereocenters. The molecule has 0 aromatic carbocycles. The Morgan fingerprint density at radius 3 is 1.28 bits per heavy atom. The van der Waals surface area contributed by atoms with Crippen molar-refractivity contribution in [3.8, 4) is 0 Å². The Morgan fingerprint density at radius 1 is 0.488 bits per heavy atom. The summed E-state index contributed by atoms with van der Waals surface area (Å²) >= 11 is 0. The molecular formula is C62H90N4O16. The van der Waals surface area contributed by atoms with Crippen LogP contribution in [0.25, 0.3) is 0 Å². The van der Waals surface area contributed by atoms with Gasteiger partial charge in [0.15, 0.2) is 0 Å². The minimum absolute atomic E-state index is 0.00336. The molecular weight excluding hydrogens is 1060 g/mol. The normalized spacial score (nSPS) is 28.7. The molecule has 0 spiro atoms. The first-order chi connectivity index (χ1) is 39.0. The number of aliphatic hydroxyl groups is 2. The number of likely N-dealkylation sites (tertiary alicyclic amines) is 2. The average molecular weight is 1150 g/mol. The maximum atomic E-state index is 13.9. The molecule has 0 aromatic rings. The van der Waals surface area contributed by atoms with Crippen molar-refractivity contribution in [2.24, 2.45) is 46.3 Å². The van der Waals surface area contributed by atoms with Crippen LogP contribution in [0.15, 0.2) is 48.6 Å². The van der Waals surface area contributed by atoms with E-state index in [1.807, 2.05) is 58.9 Å². The minimum atomic E-state index is -1.07. The van der Waals surface area contributed by atoms with E-state index in [2.05, 4.69) is 6.92 Å². The van der Waals surface area contributed by atoms with Gasteiger partial charge in [0.2, 0.25) is 23.6 Å². The van der Waals surface area contributed by atoms with E-state index in [-0.39, 0.29) is 117 Å². The van der Waals surface area contributed by atoms with Crippen LogP contribution in [0, 0.1) is 46.3 Å². The van der Waals surface area contributed by atoms with Gasteiger partial charge in [-0.25, -0.2) is 0 Å². The Kier molecular flexibility index (Phi) is 21.2. The van der Waals surface area contributed by atoms with Gasteiger partial charge in [-0.15, -0.1) is 0 Å². The first-order valence-electron chi connectivity index (χ1n) is 30.2. The van der Waals surface area contributed by atoms with Crippen LogP contribution in [0.3, 0.4) is 0 Å². The number of hydrogen-bond acceptors (Lipinski definition) is 16. The number of fused-ring (bicyclic) bond motifs is 10. The van der Waals surface area contributed by atoms with E-state index in [1.54, 1.807) is 0 Å². The summed E-state index contributed by atoms with van der Waals surface area (Å²) in [6.07, 6.45) is 23.1. The van der Waals surface area contributed by atoms with Gasteiger partial charge in [0.1, 0.15) is 23.4 Å². The predicted octanol–water partition coefficient (Wildman–Crippen LogP) is 5.03. The number of nitrogens with zero attached hydrogens (tertiary/aromatic N) is 4. The van der Waals surface area contributed by atoms with E-state index < -0.39 is 64.7 Å². The van der Waals surface area contributed by atoms with Crippen LogP contribution in [0.5, 0.6) is 0 Å². The summed E-state index contributed by atoms with van der Waals surface area (Å²) in [7, 11) is 0. The predicted molar refractivity (Wildman–Crippen MR) is 298 cm³/mol. The summed E-state index contributed by atoms with van der Waals surface area (Å²) in [4.78, 5) is 108. The lowest BCUT2D eigenvalue weighted by atomic mass is 9.77. The molecule has 8 rings (SSSR count). The van der Waals surface area contributed by atoms with Gasteiger partial charge in [0.05, 0.1) is 75.5 Å². The van der Waals surface area contributed by atoms with Gasteiger partial charge in [0, 0.05) is 63.7 Å². The van der Waals surface area contributed by atoms with E-state index in [4.69, 9.17) is 28.4 Å². The van der Waals surface area contributed by atoms with Crippen molar-refractivity contribution in [3.05, 3.63) is 48.6 Å². The van der Waals surface area contributed by atoms with Gasteiger partial charge in [-0.1, -0.05) is 117 Å². The summed E-state index contributed by atoms with van der Waals surface area (Å²) < 4.78 is 35.8. The van der Waals surface area contributed by atoms with Crippen LogP contribution < -0.4 is 0 Å². The van der Waals surface area contributed by atoms with Crippen LogP contribution in [-0.4, -0.2) is 192 Å². The topological polar surface area (TPSA) is 245 Å². The van der Waals surface area contributed by atoms with Gasteiger partial charge < -0.3 is 38.6 Å². The fourth-order valence-corrected chi connectivity index (χ4v) is 13.9. The SMILES string of the molecule is CC(CCN1C(=O)C2C3C=CC(COCC(O)COCCCCCCCCCCCCOCC(O)COCC45C=CC(O4)C4C(=O)N(CC(C)(C)CC(C)CCN6C(=O)C=CC6=O)C(=O)C45)(O3)C2C1=O)CC(C)(C)CN1C(=O)C=CC1=O. The fraction of sp³-hybridized carbons (Fsp3) is 0.742. The van der Waals surface area contributed by atoms with Crippen molar-refractivity contribution in [2.45, 2.75) is 167 Å². The molecule has 4 fully saturated rings. The molecule has 4 bridgehead atoms. The third-order valence-electron chi connectivity index (χ3n) is 17.7. The lowest BCUT2D eigenvalue weighted by molar-refractivity contribution is -0.149. The largest absolute Gasteiger partial charge is 0.388 e. The molecule has 20 nitrogen and oxygen atoms in total. The Bertz CT molecular complexity index is 2440. The number of carbonyl (C=O) groups excluding carboxylic acids is 8. The van der Waals surface area contributed by atoms with E-state index in [9.17, 15) is 48.6 Å². The number of carbonyl (C=O) groups is 8. The van der Waals surface area contributed by atoms with Crippen molar-refractivity contribution in [2.75, 3.05) is 79.0 Å². The van der Waals surface area contributed by atoms with Crippen molar-refractivity contribution in [1.82, 2.24) is 19.6 Å². The summed E-state index contributed by atoms with van der Waals surface area (Å²) in [5.74, 6) is -4.56. The summed E-state index contributed by atoms with van der Waals surface area (Å²) in [5.41, 5.74) is -2.88. The number of hydrogen-bond donors (Lipinski definition) is 2. The first kappa shape index (κ1) is 63.2. The Balaban J connectivity index is 0.596. The Hall–Kier alpha value is -4.80. The molecule has 8 amide bonds. The van der Waals surface area contributed by atoms with Gasteiger partial charge in [-0.2, -0.15) is 0 Å². The Morgan fingerprint density at radius 2 is 0.841 bits per heavy atom. The number of aliphatic hydroxyl groups excluding tert-OH is 2. The van der Waals surface area contributed by atoms with E-state index in [0.717, 1.165) is 51.4 Å². The standard InChI is InChI=1S/C62H90N4O16/c1-41(23-27-63-47(69)17-18-48(63)70)32-60(5,6)38-66-56(74)52-46-22-26-62(82-46,54(52)58(66)76)40-80-36-44(68)34-78-30-16-14-12-10-8-7-9-11-13-15-29-77-33-43(67)35-79-39-61-25-21-45(81-61)51-53(61)57(75)64(55(51)73)28-24-42(2)31-59(3,4)37-65-49(71)19-20-50(65)72/h17-22,25-26,41-46,51-54,67-68H,7-16,23-24,27-40H2,1-6H3. The fourth-order valence-electron chi connectivity index (χ4n) is 13.9. The molecule has 12 atom stereocenters. The highest BCUT2D eigenvalue weighted by Crippen LogP contribution is 2.54. The molecule has 4 saturated heterocycles. The average Bonchev–Trinajstić information content (AvgIpc) is 1.79. The summed E-state index contributed by atoms with van der Waals surface area (Å²) in [5, 5.41) is 21.2. The van der Waals surface area contributed by atoms with Crippen molar-refractivity contribution >= 4 is 47.3 Å². The molecule has 0 aromatic heterocycles. The number of unbranched alkanes of at least 4 members (excludes halogenated alkanes) is 9. The molecule has 454 valence electrons. The van der Waals surface area contributed by atoms with Gasteiger partial charge in [0.25, 0.3) is 23.6 Å². The number of imide groups is 4. The molecule has 82 heavy (non-hydrogen) atoms. The summed E-state index contributed by atoms with van der Waals surface area (Å²) in [6.45, 7) is 14.7. The first-order valence-corrected chi connectivity index (χ1v) is 30.2. The maximum Gasteiger partial charge on any atom is 0.253 e. The number of amides is 8. The quantitative estimate of drug-likeness (QED) is 0.0466. The Labute approximate surface area is 483 Å². The highest BCUT2D eigenvalue weighted by molar-refractivity contribution is 6.13. The number of rotatable bonds is 39. The highest BCUT2D eigenvalue weighted by Gasteiger charge is 2.69.